The van der Waals surface area contributed by atoms with Crippen molar-refractivity contribution in [2.24, 2.45) is 7.05 Å². The number of hydrogen-bond donors (Lipinski definition) is 0. The van der Waals surface area contributed by atoms with Gasteiger partial charge in [0.2, 0.25) is 5.82 Å². The number of rotatable bonds is 3. The lowest BCUT2D eigenvalue weighted by molar-refractivity contribution is -0.139. The maximum absolute atomic E-state index is 12.9. The molecular formula is C11H8F3N5O. The molecule has 1 aromatic heterocycles. The topological polar surface area (TPSA) is 76.6 Å². The molecule has 0 N–H and O–H groups in total. The van der Waals surface area contributed by atoms with Crippen LogP contribution < -0.4 is 4.74 Å². The first-order valence-corrected chi connectivity index (χ1v) is 5.37. The van der Waals surface area contributed by atoms with E-state index in [9.17, 15) is 13.2 Å². The van der Waals surface area contributed by atoms with Crippen molar-refractivity contribution in [2.75, 3.05) is 0 Å². The van der Waals surface area contributed by atoms with Gasteiger partial charge in [-0.15, -0.1) is 10.2 Å². The fourth-order valence-electron chi connectivity index (χ4n) is 1.47. The van der Waals surface area contributed by atoms with Crippen molar-refractivity contribution < 1.29 is 17.9 Å². The van der Waals surface area contributed by atoms with E-state index in [1.807, 2.05) is 0 Å². The van der Waals surface area contributed by atoms with E-state index in [1.54, 1.807) is 6.07 Å². The van der Waals surface area contributed by atoms with Gasteiger partial charge in [0.1, 0.15) is 5.75 Å². The van der Waals surface area contributed by atoms with Gasteiger partial charge >= 0.3 is 6.18 Å². The highest BCUT2D eigenvalue weighted by Crippen LogP contribution is 2.36. The highest BCUT2D eigenvalue weighted by molar-refractivity contribution is 5.43. The number of aromatic nitrogens is 4. The van der Waals surface area contributed by atoms with Crippen LogP contribution in [-0.2, 0) is 19.8 Å². The second-order valence-corrected chi connectivity index (χ2v) is 3.80. The Hall–Kier alpha value is -2.63. The largest absolute Gasteiger partial charge is 0.485 e. The zero-order valence-corrected chi connectivity index (χ0v) is 10.2. The molecule has 0 spiro atoms. The van der Waals surface area contributed by atoms with Crippen molar-refractivity contribution in [2.45, 2.75) is 12.8 Å². The summed E-state index contributed by atoms with van der Waals surface area (Å²) in [6.45, 7) is -0.247. The number of alkyl halides is 3. The molecule has 0 radical (unpaired) electrons. The fraction of sp³-hybridized carbons (Fsp3) is 0.273. The Morgan fingerprint density at radius 2 is 2.15 bits per heavy atom. The van der Waals surface area contributed by atoms with Gasteiger partial charge in [-0.2, -0.15) is 23.2 Å². The minimum Gasteiger partial charge on any atom is -0.485 e. The van der Waals surface area contributed by atoms with Gasteiger partial charge in [-0.1, -0.05) is 0 Å². The second-order valence-electron chi connectivity index (χ2n) is 3.80. The van der Waals surface area contributed by atoms with E-state index < -0.39 is 11.7 Å². The van der Waals surface area contributed by atoms with Crippen LogP contribution in [0.4, 0.5) is 13.2 Å². The van der Waals surface area contributed by atoms with Crippen LogP contribution in [0.15, 0.2) is 18.2 Å². The van der Waals surface area contributed by atoms with Crippen LogP contribution in [0, 0.1) is 11.3 Å². The molecule has 0 aliphatic rings. The van der Waals surface area contributed by atoms with E-state index in [0.29, 0.717) is 0 Å². The number of tetrazole rings is 1. The molecule has 0 aliphatic carbocycles. The molecule has 0 saturated heterocycles. The van der Waals surface area contributed by atoms with Gasteiger partial charge in [0.05, 0.1) is 24.2 Å². The highest BCUT2D eigenvalue weighted by atomic mass is 19.4. The predicted molar refractivity (Wildman–Crippen MR) is 59.3 cm³/mol. The Morgan fingerprint density at radius 1 is 1.40 bits per heavy atom. The monoisotopic (exact) mass is 283 g/mol. The molecule has 0 amide bonds. The molecule has 1 aromatic carbocycles. The van der Waals surface area contributed by atoms with Gasteiger partial charge in [-0.05, 0) is 23.4 Å². The summed E-state index contributed by atoms with van der Waals surface area (Å²) < 4.78 is 43.6. The Balaban J connectivity index is 2.25. The van der Waals surface area contributed by atoms with Crippen molar-refractivity contribution in [3.05, 3.63) is 35.2 Å². The number of aryl methyl sites for hydroxylation is 1. The lowest BCUT2D eigenvalue weighted by atomic mass is 10.1. The lowest BCUT2D eigenvalue weighted by Crippen LogP contribution is -2.09. The number of nitrogens with zero attached hydrogens (tertiary/aromatic N) is 5. The number of nitriles is 1. The van der Waals surface area contributed by atoms with Crippen molar-refractivity contribution in [3.63, 3.8) is 0 Å². The molecule has 2 aromatic rings. The standard InChI is InChI=1S/C11H8F3N5O/c1-19-17-10(16-18-19)6-20-9-3-2-7(5-15)4-8(9)11(12,13)14/h2-4H,6H2,1H3. The van der Waals surface area contributed by atoms with Crippen LogP contribution in [0.1, 0.15) is 17.0 Å². The zero-order chi connectivity index (χ0) is 14.8. The van der Waals surface area contributed by atoms with E-state index in [0.717, 1.165) is 12.1 Å². The molecule has 6 nitrogen and oxygen atoms in total. The average Bonchev–Trinajstić information content (AvgIpc) is 2.81. The van der Waals surface area contributed by atoms with Crippen LogP contribution in [0.25, 0.3) is 0 Å². The normalized spacial score (nSPS) is 11.2. The number of ether oxygens (including phenoxy) is 1. The molecule has 1 heterocycles. The Morgan fingerprint density at radius 3 is 2.70 bits per heavy atom. The van der Waals surface area contributed by atoms with E-state index in [1.165, 1.54) is 17.9 Å². The molecule has 104 valence electrons. The van der Waals surface area contributed by atoms with Crippen molar-refractivity contribution in [3.8, 4) is 11.8 Å². The van der Waals surface area contributed by atoms with Crippen LogP contribution >= 0.6 is 0 Å². The fourth-order valence-corrected chi connectivity index (χ4v) is 1.47. The third kappa shape index (κ3) is 3.03. The van der Waals surface area contributed by atoms with Crippen LogP contribution in [-0.4, -0.2) is 20.2 Å². The number of benzene rings is 1. The minimum absolute atomic E-state index is 0.0951. The quantitative estimate of drug-likeness (QED) is 0.856. The molecule has 20 heavy (non-hydrogen) atoms. The van der Waals surface area contributed by atoms with E-state index >= 15 is 0 Å². The number of halogens is 3. The predicted octanol–water partition coefficient (Wildman–Crippen LogP) is 1.68. The summed E-state index contributed by atoms with van der Waals surface area (Å²) in [6.07, 6.45) is -4.61. The number of hydrogen-bond acceptors (Lipinski definition) is 5. The van der Waals surface area contributed by atoms with Crippen molar-refractivity contribution in [1.82, 2.24) is 20.2 Å². The maximum Gasteiger partial charge on any atom is 0.420 e. The van der Waals surface area contributed by atoms with Crippen LogP contribution in [0.5, 0.6) is 5.75 Å². The summed E-state index contributed by atoms with van der Waals surface area (Å²) in [7, 11) is 1.53. The van der Waals surface area contributed by atoms with Crippen LogP contribution in [0.3, 0.4) is 0 Å². The first-order chi connectivity index (χ1) is 9.40. The zero-order valence-electron chi connectivity index (χ0n) is 10.2. The van der Waals surface area contributed by atoms with Crippen molar-refractivity contribution in [1.29, 1.82) is 5.26 Å². The summed E-state index contributed by atoms with van der Waals surface area (Å²) in [5.41, 5.74) is -1.11. The molecular weight excluding hydrogens is 275 g/mol. The van der Waals surface area contributed by atoms with E-state index in [4.69, 9.17) is 10.00 Å². The van der Waals surface area contributed by atoms with Gasteiger partial charge < -0.3 is 4.74 Å². The molecule has 0 saturated carbocycles. The molecule has 0 unspecified atom stereocenters. The summed E-state index contributed by atoms with van der Waals surface area (Å²) in [5, 5.41) is 19.6. The van der Waals surface area contributed by atoms with Gasteiger partial charge in [0, 0.05) is 0 Å². The van der Waals surface area contributed by atoms with E-state index in [2.05, 4.69) is 15.4 Å². The first-order valence-electron chi connectivity index (χ1n) is 5.37. The first kappa shape index (κ1) is 13.8. The van der Waals surface area contributed by atoms with Crippen molar-refractivity contribution >= 4 is 0 Å². The maximum atomic E-state index is 12.9. The van der Waals surface area contributed by atoms with Crippen LogP contribution in [0.2, 0.25) is 0 Å². The smallest absolute Gasteiger partial charge is 0.420 e. The molecule has 9 heteroatoms. The summed E-state index contributed by atoms with van der Waals surface area (Å²) in [5.74, 6) is -0.228. The lowest BCUT2D eigenvalue weighted by Gasteiger charge is -2.13. The Labute approximate surface area is 111 Å². The molecule has 0 bridgehead atoms. The Kier molecular flexibility index (Phi) is 3.56. The molecule has 2 rings (SSSR count). The molecule has 0 aliphatic heterocycles. The molecule has 0 fully saturated rings. The summed E-state index contributed by atoms with van der Waals surface area (Å²) >= 11 is 0. The Bertz CT molecular complexity index is 659. The van der Waals surface area contributed by atoms with Gasteiger partial charge in [0.15, 0.2) is 6.61 Å². The van der Waals surface area contributed by atoms with E-state index in [-0.39, 0.29) is 23.7 Å². The van der Waals surface area contributed by atoms with Gasteiger partial charge in [-0.3, -0.25) is 0 Å². The highest BCUT2D eigenvalue weighted by Gasteiger charge is 2.34. The summed E-state index contributed by atoms with van der Waals surface area (Å²) in [4.78, 5) is 1.17. The third-order valence-corrected chi connectivity index (χ3v) is 2.32. The van der Waals surface area contributed by atoms with Gasteiger partial charge in [-0.25, -0.2) is 0 Å². The third-order valence-electron chi connectivity index (χ3n) is 2.32. The second kappa shape index (κ2) is 5.16. The van der Waals surface area contributed by atoms with Gasteiger partial charge in [0.25, 0.3) is 0 Å². The molecule has 0 atom stereocenters. The SMILES string of the molecule is Cn1nnc(COc2ccc(C#N)cc2C(F)(F)F)n1. The average molecular weight is 283 g/mol. The summed E-state index contributed by atoms with van der Waals surface area (Å²) in [6, 6.07) is 4.73. The minimum atomic E-state index is -4.61.